The molecule has 0 bridgehead atoms. The molecule has 4 atom stereocenters. The lowest BCUT2D eigenvalue weighted by Gasteiger charge is -2.33. The maximum atomic E-state index is 13.6. The van der Waals surface area contributed by atoms with Gasteiger partial charge in [-0.2, -0.15) is 0 Å². The van der Waals surface area contributed by atoms with E-state index in [4.69, 9.17) is 37.0 Å². The second-order valence-corrected chi connectivity index (χ2v) is 10.2. The van der Waals surface area contributed by atoms with Crippen LogP contribution in [0.4, 0.5) is 0 Å². The van der Waals surface area contributed by atoms with Crippen molar-refractivity contribution in [1.82, 2.24) is 19.5 Å². The van der Waals surface area contributed by atoms with Crippen LogP contribution in [0.5, 0.6) is 0 Å². The largest absolute Gasteiger partial charge is 0.459 e. The van der Waals surface area contributed by atoms with Gasteiger partial charge in [0.05, 0.1) is 23.0 Å². The van der Waals surface area contributed by atoms with Crippen LogP contribution in [0.3, 0.4) is 0 Å². The van der Waals surface area contributed by atoms with Crippen LogP contribution in [0.1, 0.15) is 37.3 Å². The van der Waals surface area contributed by atoms with Gasteiger partial charge >= 0.3 is 17.9 Å². The summed E-state index contributed by atoms with van der Waals surface area (Å²) >= 11 is 6.26. The SMILES string of the molecule is C#C[C@@]1(OC(=O)c2ccccc2)[C@H](OC(=O)c2ccccc2)[C@@H](COC(=O)c2ccccc2)O[C@H]1n1cnc2c(Cl)ncnc21. The summed E-state index contributed by atoms with van der Waals surface area (Å²) in [6.45, 7) is -0.425. The Morgan fingerprint density at radius 2 is 1.42 bits per heavy atom. The number of carbonyl (C=O) groups is 3. The monoisotopic (exact) mass is 622 g/mol. The molecule has 0 unspecified atom stereocenters. The highest BCUT2D eigenvalue weighted by Gasteiger charge is 2.63. The minimum atomic E-state index is -2.12. The lowest BCUT2D eigenvalue weighted by Crippen LogP contribution is -2.51. The molecule has 3 aromatic carbocycles. The number of hydrogen-bond donors (Lipinski definition) is 0. The van der Waals surface area contributed by atoms with Crippen LogP contribution in [0.2, 0.25) is 5.15 Å². The van der Waals surface area contributed by atoms with E-state index in [-0.39, 0.29) is 33.0 Å². The molecule has 5 aromatic rings. The number of benzene rings is 3. The van der Waals surface area contributed by atoms with Gasteiger partial charge in [-0.3, -0.25) is 4.57 Å². The van der Waals surface area contributed by atoms with E-state index in [2.05, 4.69) is 20.9 Å². The summed E-state index contributed by atoms with van der Waals surface area (Å²) in [4.78, 5) is 52.5. The van der Waals surface area contributed by atoms with Crippen molar-refractivity contribution in [3.63, 3.8) is 0 Å². The van der Waals surface area contributed by atoms with Crippen molar-refractivity contribution in [1.29, 1.82) is 0 Å². The quantitative estimate of drug-likeness (QED) is 0.104. The Morgan fingerprint density at radius 3 is 2.02 bits per heavy atom. The Balaban J connectivity index is 1.45. The van der Waals surface area contributed by atoms with E-state index in [1.54, 1.807) is 91.0 Å². The van der Waals surface area contributed by atoms with E-state index >= 15 is 0 Å². The number of aromatic nitrogens is 4. The number of carbonyl (C=O) groups excluding carboxylic acids is 3. The third kappa shape index (κ3) is 5.72. The van der Waals surface area contributed by atoms with Crippen molar-refractivity contribution in [3.8, 4) is 12.3 Å². The summed E-state index contributed by atoms with van der Waals surface area (Å²) in [7, 11) is 0. The molecular weight excluding hydrogens is 600 g/mol. The molecule has 224 valence electrons. The smallest absolute Gasteiger partial charge is 0.339 e. The summed E-state index contributed by atoms with van der Waals surface area (Å²) in [6.07, 6.45) is 4.67. The Labute approximate surface area is 261 Å². The standard InChI is InChI=1S/C33H23ClN4O7/c1-2-33(45-31(41)23-16-10-5-11-17-23)26(44-30(40)22-14-8-4-9-15-22)24(18-42-29(39)21-12-6-3-7-13-21)43-32(33)38-20-37-25-27(34)35-19-36-28(25)38/h1,3-17,19-20,24,26,32H,18H2/t24-,26-,32-,33-/m1/s1. The van der Waals surface area contributed by atoms with Gasteiger partial charge in [0.1, 0.15) is 24.6 Å². The van der Waals surface area contributed by atoms with E-state index in [1.807, 2.05) is 0 Å². The third-order valence-corrected chi connectivity index (χ3v) is 7.40. The topological polar surface area (TPSA) is 132 Å². The lowest BCUT2D eigenvalue weighted by atomic mass is 9.93. The van der Waals surface area contributed by atoms with Gasteiger partial charge in [-0.25, -0.2) is 29.3 Å². The molecule has 0 amide bonds. The van der Waals surface area contributed by atoms with Gasteiger partial charge in [-0.15, -0.1) is 6.42 Å². The van der Waals surface area contributed by atoms with Crippen molar-refractivity contribution >= 4 is 40.7 Å². The van der Waals surface area contributed by atoms with Crippen molar-refractivity contribution in [3.05, 3.63) is 125 Å². The molecule has 3 heterocycles. The minimum absolute atomic E-state index is 0.0599. The fourth-order valence-corrected chi connectivity index (χ4v) is 5.14. The number of imidazole rings is 1. The maximum absolute atomic E-state index is 13.6. The highest BCUT2D eigenvalue weighted by Crippen LogP contribution is 2.45. The maximum Gasteiger partial charge on any atom is 0.339 e. The zero-order chi connectivity index (χ0) is 31.4. The zero-order valence-electron chi connectivity index (χ0n) is 23.4. The number of esters is 3. The molecule has 0 aliphatic carbocycles. The average molecular weight is 623 g/mol. The van der Waals surface area contributed by atoms with Gasteiger partial charge in [-0.1, -0.05) is 66.2 Å². The summed E-state index contributed by atoms with van der Waals surface area (Å²) in [5, 5.41) is 0.0599. The Hall–Kier alpha value is -5.57. The van der Waals surface area contributed by atoms with Crippen LogP contribution in [-0.2, 0) is 18.9 Å². The number of fused-ring (bicyclic) bond motifs is 1. The molecule has 0 radical (unpaired) electrons. The number of halogens is 1. The summed E-state index contributed by atoms with van der Waals surface area (Å²) < 4.78 is 25.4. The first kappa shape index (κ1) is 29.5. The Bertz CT molecular complexity index is 1900. The molecule has 1 fully saturated rings. The molecule has 0 N–H and O–H groups in total. The van der Waals surface area contributed by atoms with Crippen LogP contribution < -0.4 is 0 Å². The Kier molecular flexibility index (Phi) is 8.24. The number of terminal acetylenes is 1. The van der Waals surface area contributed by atoms with Crippen molar-refractivity contribution in [2.45, 2.75) is 24.0 Å². The number of hydrogen-bond acceptors (Lipinski definition) is 10. The third-order valence-electron chi connectivity index (χ3n) is 7.13. The van der Waals surface area contributed by atoms with E-state index in [1.165, 1.54) is 17.2 Å². The molecular formula is C33H23ClN4O7. The molecule has 2 aromatic heterocycles. The molecule has 0 spiro atoms. The Morgan fingerprint density at radius 1 is 0.844 bits per heavy atom. The highest BCUT2D eigenvalue weighted by atomic mass is 35.5. The molecule has 1 saturated heterocycles. The molecule has 11 nitrogen and oxygen atoms in total. The fraction of sp³-hybridized carbons (Fsp3) is 0.152. The first-order valence-corrected chi connectivity index (χ1v) is 14.0. The minimum Gasteiger partial charge on any atom is -0.459 e. The van der Waals surface area contributed by atoms with Crippen LogP contribution in [0.15, 0.2) is 104 Å². The van der Waals surface area contributed by atoms with Crippen molar-refractivity contribution in [2.24, 2.45) is 0 Å². The van der Waals surface area contributed by atoms with Gasteiger partial charge in [0.15, 0.2) is 23.1 Å². The molecule has 12 heteroatoms. The van der Waals surface area contributed by atoms with Crippen LogP contribution in [0.25, 0.3) is 11.2 Å². The summed E-state index contributed by atoms with van der Waals surface area (Å²) in [5.74, 6) is 0.290. The lowest BCUT2D eigenvalue weighted by molar-refractivity contribution is -0.0865. The number of ether oxygens (including phenoxy) is 4. The molecule has 1 aliphatic rings. The first-order valence-electron chi connectivity index (χ1n) is 13.6. The van der Waals surface area contributed by atoms with Crippen LogP contribution >= 0.6 is 11.6 Å². The zero-order valence-corrected chi connectivity index (χ0v) is 24.1. The molecule has 0 saturated carbocycles. The number of rotatable bonds is 8. The van der Waals surface area contributed by atoms with Gasteiger partial charge < -0.3 is 18.9 Å². The summed E-state index contributed by atoms with van der Waals surface area (Å²) in [6, 6.07) is 24.6. The summed E-state index contributed by atoms with van der Waals surface area (Å²) in [5.41, 5.74) is -1.03. The van der Waals surface area contributed by atoms with Gasteiger partial charge in [0, 0.05) is 0 Å². The van der Waals surface area contributed by atoms with Gasteiger partial charge in [0.2, 0.25) is 0 Å². The number of nitrogens with zero attached hydrogens (tertiary/aromatic N) is 4. The van der Waals surface area contributed by atoms with Crippen LogP contribution in [-0.4, -0.2) is 61.8 Å². The normalized spacial score (nSPS) is 20.7. The van der Waals surface area contributed by atoms with Crippen molar-refractivity contribution in [2.75, 3.05) is 6.61 Å². The van der Waals surface area contributed by atoms with Gasteiger partial charge in [-0.05, 0) is 42.3 Å². The second kappa shape index (κ2) is 12.6. The molecule has 1 aliphatic heterocycles. The second-order valence-electron chi connectivity index (χ2n) is 9.86. The molecule has 45 heavy (non-hydrogen) atoms. The predicted molar refractivity (Wildman–Crippen MR) is 160 cm³/mol. The van der Waals surface area contributed by atoms with Crippen molar-refractivity contribution < 1.29 is 33.3 Å². The first-order chi connectivity index (χ1) is 21.9. The predicted octanol–water partition coefficient (Wildman–Crippen LogP) is 4.69. The van der Waals surface area contributed by atoms with E-state index in [0.717, 1.165) is 0 Å². The van der Waals surface area contributed by atoms with E-state index < -0.39 is 48.6 Å². The van der Waals surface area contributed by atoms with E-state index in [0.29, 0.717) is 0 Å². The average Bonchev–Trinajstić information content (AvgIpc) is 3.64. The van der Waals surface area contributed by atoms with E-state index in [9.17, 15) is 14.4 Å². The fourth-order valence-electron chi connectivity index (χ4n) is 4.96. The van der Waals surface area contributed by atoms with Gasteiger partial charge in [0.25, 0.3) is 5.60 Å². The highest BCUT2D eigenvalue weighted by molar-refractivity contribution is 6.33. The van der Waals surface area contributed by atoms with Crippen LogP contribution in [0, 0.1) is 12.3 Å². The molecule has 6 rings (SSSR count).